The van der Waals surface area contributed by atoms with E-state index in [9.17, 15) is 4.79 Å². The quantitative estimate of drug-likeness (QED) is 0.878. The van der Waals surface area contributed by atoms with Crippen LogP contribution in [-0.2, 0) is 19.3 Å². The number of fused-ring (bicyclic) bond motifs is 3. The average molecular weight is 312 g/mol. The van der Waals surface area contributed by atoms with Crippen LogP contribution in [0.15, 0.2) is 24.3 Å². The molecule has 1 atom stereocenters. The van der Waals surface area contributed by atoms with Crippen molar-refractivity contribution < 1.29 is 4.79 Å². The highest BCUT2D eigenvalue weighted by Crippen LogP contribution is 2.41. The maximum Gasteiger partial charge on any atom is 0.256 e. The molecule has 0 fully saturated rings. The van der Waals surface area contributed by atoms with Gasteiger partial charge in [0.15, 0.2) is 0 Å². The molecule has 1 aliphatic heterocycles. The lowest BCUT2D eigenvalue weighted by Crippen LogP contribution is -2.38. The van der Waals surface area contributed by atoms with E-state index in [1.807, 2.05) is 0 Å². The van der Waals surface area contributed by atoms with Crippen molar-refractivity contribution in [2.75, 3.05) is 5.32 Å². The fourth-order valence-electron chi connectivity index (χ4n) is 3.39. The first kappa shape index (κ1) is 13.8. The first-order chi connectivity index (χ1) is 10.8. The van der Waals surface area contributed by atoms with Gasteiger partial charge in [0.2, 0.25) is 0 Å². The summed E-state index contributed by atoms with van der Waals surface area (Å²) in [6.07, 6.45) is 5.53. The van der Waals surface area contributed by atoms with Crippen LogP contribution in [0.5, 0.6) is 0 Å². The molecule has 1 aromatic carbocycles. The molecule has 1 aliphatic carbocycles. The summed E-state index contributed by atoms with van der Waals surface area (Å²) in [5.41, 5.74) is 4.62. The molecule has 2 heterocycles. The van der Waals surface area contributed by atoms with Gasteiger partial charge in [-0.15, -0.1) is 11.3 Å². The predicted octanol–water partition coefficient (Wildman–Crippen LogP) is 4.04. The molecule has 2 aromatic rings. The molecular weight excluding hydrogens is 292 g/mol. The van der Waals surface area contributed by atoms with Gasteiger partial charge in [0.1, 0.15) is 11.2 Å². The van der Waals surface area contributed by atoms with Gasteiger partial charge < -0.3 is 10.6 Å². The number of hydrogen-bond donors (Lipinski definition) is 2. The lowest BCUT2D eigenvalue weighted by molar-refractivity contribution is 0.0935. The van der Waals surface area contributed by atoms with Crippen LogP contribution in [0.3, 0.4) is 0 Å². The molecule has 2 aliphatic rings. The van der Waals surface area contributed by atoms with Crippen LogP contribution >= 0.6 is 11.3 Å². The number of thiophene rings is 1. The minimum Gasteiger partial charge on any atom is -0.353 e. The Hall–Kier alpha value is -1.81. The summed E-state index contributed by atoms with van der Waals surface area (Å²) in [6, 6.07) is 8.49. The Morgan fingerprint density at radius 2 is 1.91 bits per heavy atom. The van der Waals surface area contributed by atoms with Crippen molar-refractivity contribution in [2.45, 2.75) is 45.2 Å². The lowest BCUT2D eigenvalue weighted by atomic mass is 9.94. The van der Waals surface area contributed by atoms with Gasteiger partial charge in [-0.3, -0.25) is 4.79 Å². The standard InChI is InChI=1S/C18H20N2OS/c1-2-11-7-9-12(10-8-11)16-19-17(21)15-13-5-3-4-6-14(13)22-18(15)20-16/h7-10,16,20H,2-6H2,1H3,(H,19,21)/t16-/m1/s1. The highest BCUT2D eigenvalue weighted by atomic mass is 32.1. The number of rotatable bonds is 2. The van der Waals surface area contributed by atoms with E-state index in [0.29, 0.717) is 0 Å². The van der Waals surface area contributed by atoms with Gasteiger partial charge in [-0.05, 0) is 48.8 Å². The normalized spacial score (nSPS) is 19.9. The molecule has 3 nitrogen and oxygen atoms in total. The first-order valence-electron chi connectivity index (χ1n) is 8.07. The van der Waals surface area contributed by atoms with E-state index in [0.717, 1.165) is 35.4 Å². The monoisotopic (exact) mass is 312 g/mol. The van der Waals surface area contributed by atoms with Gasteiger partial charge in [-0.25, -0.2) is 0 Å². The Morgan fingerprint density at radius 1 is 1.14 bits per heavy atom. The SMILES string of the molecule is CCc1ccc([C@@H]2NC(=O)c3c(sc4c3CCCC4)N2)cc1. The maximum atomic E-state index is 12.6. The van der Waals surface area contributed by atoms with Crippen molar-refractivity contribution in [2.24, 2.45) is 0 Å². The summed E-state index contributed by atoms with van der Waals surface area (Å²) >= 11 is 1.78. The highest BCUT2D eigenvalue weighted by molar-refractivity contribution is 7.16. The smallest absolute Gasteiger partial charge is 0.256 e. The van der Waals surface area contributed by atoms with Crippen molar-refractivity contribution in [1.29, 1.82) is 0 Å². The van der Waals surface area contributed by atoms with E-state index in [1.165, 1.54) is 28.8 Å². The molecule has 0 radical (unpaired) electrons. The Kier molecular flexibility index (Phi) is 3.41. The van der Waals surface area contributed by atoms with Gasteiger partial charge in [-0.1, -0.05) is 31.2 Å². The lowest BCUT2D eigenvalue weighted by Gasteiger charge is -2.27. The van der Waals surface area contributed by atoms with Crippen molar-refractivity contribution in [3.05, 3.63) is 51.4 Å². The zero-order valence-corrected chi connectivity index (χ0v) is 13.6. The third kappa shape index (κ3) is 2.22. The summed E-state index contributed by atoms with van der Waals surface area (Å²) < 4.78 is 0. The Balaban J connectivity index is 1.66. The van der Waals surface area contributed by atoms with Crippen LogP contribution < -0.4 is 10.6 Å². The van der Waals surface area contributed by atoms with E-state index in [-0.39, 0.29) is 12.1 Å². The van der Waals surface area contributed by atoms with Gasteiger partial charge in [0.25, 0.3) is 5.91 Å². The molecule has 0 saturated heterocycles. The van der Waals surface area contributed by atoms with E-state index in [4.69, 9.17) is 0 Å². The summed E-state index contributed by atoms with van der Waals surface area (Å²) in [4.78, 5) is 14.0. The first-order valence-corrected chi connectivity index (χ1v) is 8.88. The number of benzene rings is 1. The molecule has 1 amide bonds. The van der Waals surface area contributed by atoms with Crippen LogP contribution in [0, 0.1) is 0 Å². The summed E-state index contributed by atoms with van der Waals surface area (Å²) in [5.74, 6) is 0.0812. The van der Waals surface area contributed by atoms with Gasteiger partial charge >= 0.3 is 0 Å². The van der Waals surface area contributed by atoms with E-state index >= 15 is 0 Å². The van der Waals surface area contributed by atoms with Crippen LogP contribution in [-0.4, -0.2) is 5.91 Å². The zero-order chi connectivity index (χ0) is 15.1. The second kappa shape index (κ2) is 5.43. The molecule has 4 heteroatoms. The van der Waals surface area contributed by atoms with E-state index in [2.05, 4.69) is 41.8 Å². The second-order valence-corrected chi connectivity index (χ2v) is 7.17. The molecule has 0 spiro atoms. The summed E-state index contributed by atoms with van der Waals surface area (Å²) in [6.45, 7) is 2.15. The molecule has 0 bridgehead atoms. The minimum atomic E-state index is -0.119. The number of hydrogen-bond acceptors (Lipinski definition) is 3. The molecule has 0 unspecified atom stereocenters. The number of carbonyl (C=O) groups excluding carboxylic acids is 1. The second-order valence-electron chi connectivity index (χ2n) is 6.06. The largest absolute Gasteiger partial charge is 0.353 e. The predicted molar refractivity (Wildman–Crippen MR) is 90.6 cm³/mol. The van der Waals surface area contributed by atoms with Gasteiger partial charge in [-0.2, -0.15) is 0 Å². The van der Waals surface area contributed by atoms with Crippen LogP contribution in [0.2, 0.25) is 0 Å². The Bertz CT molecular complexity index is 717. The third-order valence-corrected chi connectivity index (χ3v) is 5.89. The summed E-state index contributed by atoms with van der Waals surface area (Å²) in [7, 11) is 0. The maximum absolute atomic E-state index is 12.6. The summed E-state index contributed by atoms with van der Waals surface area (Å²) in [5, 5.41) is 7.70. The van der Waals surface area contributed by atoms with E-state index < -0.39 is 0 Å². The minimum absolute atomic E-state index is 0.0812. The average Bonchev–Trinajstić information content (AvgIpc) is 2.93. The fourth-order valence-corrected chi connectivity index (χ4v) is 4.71. The van der Waals surface area contributed by atoms with Crippen molar-refractivity contribution >= 4 is 22.2 Å². The highest BCUT2D eigenvalue weighted by Gasteiger charge is 2.31. The molecule has 22 heavy (non-hydrogen) atoms. The molecular formula is C18H20N2OS. The number of aryl methyl sites for hydroxylation is 2. The number of amides is 1. The van der Waals surface area contributed by atoms with Crippen molar-refractivity contribution in [3.63, 3.8) is 0 Å². The van der Waals surface area contributed by atoms with Crippen LogP contribution in [0.4, 0.5) is 5.00 Å². The third-order valence-electron chi connectivity index (χ3n) is 4.67. The molecule has 2 N–H and O–H groups in total. The molecule has 114 valence electrons. The molecule has 0 saturated carbocycles. The van der Waals surface area contributed by atoms with Crippen molar-refractivity contribution in [1.82, 2.24) is 5.32 Å². The van der Waals surface area contributed by atoms with Crippen LogP contribution in [0.1, 0.15) is 57.9 Å². The topological polar surface area (TPSA) is 41.1 Å². The number of nitrogens with one attached hydrogen (secondary N) is 2. The van der Waals surface area contributed by atoms with E-state index in [1.54, 1.807) is 11.3 Å². The van der Waals surface area contributed by atoms with Gasteiger partial charge in [0.05, 0.1) is 5.56 Å². The fraction of sp³-hybridized carbons (Fsp3) is 0.389. The number of carbonyl (C=O) groups is 1. The number of anilines is 1. The Morgan fingerprint density at radius 3 is 2.68 bits per heavy atom. The molecule has 4 rings (SSSR count). The Labute approximate surface area is 134 Å². The molecule has 1 aromatic heterocycles. The zero-order valence-electron chi connectivity index (χ0n) is 12.7. The van der Waals surface area contributed by atoms with Crippen LogP contribution in [0.25, 0.3) is 0 Å². The van der Waals surface area contributed by atoms with Gasteiger partial charge in [0, 0.05) is 4.88 Å². The van der Waals surface area contributed by atoms with Crippen molar-refractivity contribution in [3.8, 4) is 0 Å².